The van der Waals surface area contributed by atoms with E-state index in [2.05, 4.69) is 10.5 Å². The fourth-order valence-corrected chi connectivity index (χ4v) is 3.92. The van der Waals surface area contributed by atoms with Gasteiger partial charge in [0.2, 0.25) is 11.8 Å². The number of hydrogen-bond acceptors (Lipinski definition) is 7. The Morgan fingerprint density at radius 2 is 2.00 bits per heavy atom. The summed E-state index contributed by atoms with van der Waals surface area (Å²) in [5, 5.41) is 24.6. The standard InChI is InChI=1S/C23H29N5O4/c1-13-8-19(32-27-13)10-21(30)28-12-18(29)9-20(28)23(31)26-11-16-4-6-17(7-5-16)22(14(2)24)15(3)25/h4-8,18,20,24,29H,9-12,25H2,1-3H3,(H,26,31)/b22-15+,24-14?/t18?,20-/m0/s1. The molecule has 2 atom stereocenters. The van der Waals surface area contributed by atoms with Crippen molar-refractivity contribution in [3.8, 4) is 0 Å². The molecule has 32 heavy (non-hydrogen) atoms. The molecule has 1 aliphatic heterocycles. The number of nitrogens with zero attached hydrogens (tertiary/aromatic N) is 2. The molecule has 2 heterocycles. The lowest BCUT2D eigenvalue weighted by atomic mass is 9.99. The first kappa shape index (κ1) is 23.2. The smallest absolute Gasteiger partial charge is 0.243 e. The van der Waals surface area contributed by atoms with Gasteiger partial charge < -0.3 is 31.0 Å². The van der Waals surface area contributed by atoms with E-state index in [1.54, 1.807) is 26.8 Å². The number of aromatic nitrogens is 1. The average molecular weight is 440 g/mol. The first-order valence-corrected chi connectivity index (χ1v) is 10.4. The number of benzene rings is 1. The zero-order chi connectivity index (χ0) is 23.4. The third kappa shape index (κ3) is 5.42. The molecule has 1 saturated heterocycles. The molecule has 0 saturated carbocycles. The molecule has 0 aliphatic carbocycles. The lowest BCUT2D eigenvalue weighted by molar-refractivity contribution is -0.138. The Balaban J connectivity index is 1.62. The van der Waals surface area contributed by atoms with Crippen molar-refractivity contribution in [1.82, 2.24) is 15.4 Å². The van der Waals surface area contributed by atoms with Crippen LogP contribution in [-0.4, -0.2) is 51.4 Å². The normalized spacial score (nSPS) is 18.9. The van der Waals surface area contributed by atoms with E-state index < -0.39 is 12.1 Å². The van der Waals surface area contributed by atoms with Gasteiger partial charge in [-0.25, -0.2) is 0 Å². The van der Waals surface area contributed by atoms with Gasteiger partial charge in [-0.3, -0.25) is 9.59 Å². The zero-order valence-corrected chi connectivity index (χ0v) is 18.5. The summed E-state index contributed by atoms with van der Waals surface area (Å²) >= 11 is 0. The largest absolute Gasteiger partial charge is 0.402 e. The van der Waals surface area contributed by atoms with Gasteiger partial charge in [0.05, 0.1) is 18.2 Å². The summed E-state index contributed by atoms with van der Waals surface area (Å²) in [6, 6.07) is 8.38. The van der Waals surface area contributed by atoms with E-state index in [0.29, 0.717) is 28.4 Å². The third-order valence-electron chi connectivity index (χ3n) is 5.38. The van der Waals surface area contributed by atoms with Crippen LogP contribution in [0.4, 0.5) is 0 Å². The molecule has 9 heteroatoms. The monoisotopic (exact) mass is 439 g/mol. The molecule has 0 bridgehead atoms. The summed E-state index contributed by atoms with van der Waals surface area (Å²) in [6.07, 6.45) is -0.574. The quantitative estimate of drug-likeness (QED) is 0.481. The Bertz CT molecular complexity index is 1040. The number of allylic oxidation sites excluding steroid dienone is 2. The molecular formula is C23H29N5O4. The summed E-state index contributed by atoms with van der Waals surface area (Å²) in [7, 11) is 0. The van der Waals surface area contributed by atoms with Crippen LogP contribution in [0.5, 0.6) is 0 Å². The molecule has 1 aliphatic rings. The van der Waals surface area contributed by atoms with Gasteiger partial charge in [0, 0.05) is 42.6 Å². The molecule has 170 valence electrons. The van der Waals surface area contributed by atoms with Crippen LogP contribution in [0, 0.1) is 12.3 Å². The summed E-state index contributed by atoms with van der Waals surface area (Å²) in [5.41, 5.74) is 9.93. The van der Waals surface area contributed by atoms with E-state index in [9.17, 15) is 14.7 Å². The van der Waals surface area contributed by atoms with E-state index in [4.69, 9.17) is 15.7 Å². The lowest BCUT2D eigenvalue weighted by Gasteiger charge is -2.23. The number of amides is 2. The van der Waals surface area contributed by atoms with Crippen molar-refractivity contribution in [2.45, 2.75) is 52.3 Å². The van der Waals surface area contributed by atoms with Crippen molar-refractivity contribution in [2.75, 3.05) is 6.54 Å². The second-order valence-corrected chi connectivity index (χ2v) is 8.16. The first-order valence-electron chi connectivity index (χ1n) is 10.4. The number of aliphatic hydroxyl groups excluding tert-OH is 1. The van der Waals surface area contributed by atoms with E-state index in [0.717, 1.165) is 11.1 Å². The van der Waals surface area contributed by atoms with Crippen molar-refractivity contribution in [3.05, 3.63) is 58.6 Å². The highest BCUT2D eigenvalue weighted by atomic mass is 16.5. The van der Waals surface area contributed by atoms with Gasteiger partial charge in [-0.1, -0.05) is 29.4 Å². The highest BCUT2D eigenvalue weighted by molar-refractivity contribution is 6.21. The van der Waals surface area contributed by atoms with Crippen molar-refractivity contribution in [2.24, 2.45) is 5.73 Å². The first-order chi connectivity index (χ1) is 15.2. The summed E-state index contributed by atoms with van der Waals surface area (Å²) < 4.78 is 5.09. The third-order valence-corrected chi connectivity index (χ3v) is 5.38. The molecule has 0 radical (unpaired) electrons. The minimum atomic E-state index is -0.750. The molecule has 1 fully saturated rings. The number of carbonyl (C=O) groups is 2. The molecule has 9 nitrogen and oxygen atoms in total. The summed E-state index contributed by atoms with van der Waals surface area (Å²) in [5.74, 6) is -0.184. The topological polar surface area (TPSA) is 146 Å². The molecule has 1 aromatic heterocycles. The SMILES string of the molecule is CC(=N)/C(=C(/C)N)c1ccc(CNC(=O)[C@@H]2CC(O)CN2C(=O)Cc2cc(C)no2)cc1. The van der Waals surface area contributed by atoms with E-state index >= 15 is 0 Å². The fourth-order valence-electron chi connectivity index (χ4n) is 3.92. The lowest BCUT2D eigenvalue weighted by Crippen LogP contribution is -2.46. The Kier molecular flexibility index (Phi) is 7.09. The van der Waals surface area contributed by atoms with Crippen LogP contribution in [0.15, 0.2) is 40.6 Å². The van der Waals surface area contributed by atoms with Crippen LogP contribution in [0.1, 0.15) is 42.8 Å². The van der Waals surface area contributed by atoms with Gasteiger partial charge in [-0.05, 0) is 31.9 Å². The van der Waals surface area contributed by atoms with E-state index in [1.165, 1.54) is 4.90 Å². The maximum Gasteiger partial charge on any atom is 0.243 e. The number of aliphatic hydroxyl groups is 1. The summed E-state index contributed by atoms with van der Waals surface area (Å²) in [6.45, 7) is 5.59. The Morgan fingerprint density at radius 3 is 2.56 bits per heavy atom. The number of hydrogen-bond donors (Lipinski definition) is 4. The van der Waals surface area contributed by atoms with Crippen molar-refractivity contribution < 1.29 is 19.2 Å². The van der Waals surface area contributed by atoms with Gasteiger partial charge in [-0.2, -0.15) is 0 Å². The van der Waals surface area contributed by atoms with Crippen molar-refractivity contribution >= 4 is 23.1 Å². The minimum Gasteiger partial charge on any atom is -0.402 e. The zero-order valence-electron chi connectivity index (χ0n) is 18.5. The van der Waals surface area contributed by atoms with Gasteiger partial charge in [0.25, 0.3) is 0 Å². The number of carbonyl (C=O) groups excluding carboxylic acids is 2. The average Bonchev–Trinajstić information content (AvgIpc) is 3.32. The maximum absolute atomic E-state index is 12.8. The Hall–Kier alpha value is -3.46. The van der Waals surface area contributed by atoms with Crippen LogP contribution < -0.4 is 11.1 Å². The number of nitrogens with one attached hydrogen (secondary N) is 2. The number of likely N-dealkylation sites (tertiary alicyclic amines) is 1. The van der Waals surface area contributed by atoms with E-state index in [-0.39, 0.29) is 37.7 Å². The highest BCUT2D eigenvalue weighted by Crippen LogP contribution is 2.21. The predicted octanol–water partition coefficient (Wildman–Crippen LogP) is 1.53. The molecule has 1 unspecified atom stereocenters. The molecule has 3 rings (SSSR count). The van der Waals surface area contributed by atoms with Crippen LogP contribution in [0.25, 0.3) is 5.57 Å². The number of aryl methyl sites for hydroxylation is 1. The molecule has 1 aromatic carbocycles. The molecule has 2 amide bonds. The molecular weight excluding hydrogens is 410 g/mol. The second-order valence-electron chi connectivity index (χ2n) is 8.16. The van der Waals surface area contributed by atoms with Gasteiger partial charge in [0.15, 0.2) is 0 Å². The van der Waals surface area contributed by atoms with Crippen molar-refractivity contribution in [3.63, 3.8) is 0 Å². The molecule has 2 aromatic rings. The number of β-amino-alcohol motifs (C(OH)–C–C–N with tert-alkyl or cyclic N) is 1. The molecule has 5 N–H and O–H groups in total. The minimum absolute atomic E-state index is 0.0123. The van der Waals surface area contributed by atoms with Crippen LogP contribution in [0.2, 0.25) is 0 Å². The number of rotatable bonds is 7. The number of nitrogens with two attached hydrogens (primary N) is 1. The van der Waals surface area contributed by atoms with Crippen LogP contribution in [0.3, 0.4) is 0 Å². The summed E-state index contributed by atoms with van der Waals surface area (Å²) in [4.78, 5) is 26.9. The maximum atomic E-state index is 12.8. The Labute approximate surface area is 186 Å². The Morgan fingerprint density at radius 1 is 1.31 bits per heavy atom. The second kappa shape index (κ2) is 9.78. The fraction of sp³-hybridized carbons (Fsp3) is 0.391. The van der Waals surface area contributed by atoms with E-state index in [1.807, 2.05) is 24.3 Å². The van der Waals surface area contributed by atoms with Gasteiger partial charge in [-0.15, -0.1) is 0 Å². The van der Waals surface area contributed by atoms with Crippen LogP contribution in [-0.2, 0) is 22.6 Å². The van der Waals surface area contributed by atoms with Crippen LogP contribution >= 0.6 is 0 Å². The van der Waals surface area contributed by atoms with Gasteiger partial charge >= 0.3 is 0 Å². The van der Waals surface area contributed by atoms with Crippen molar-refractivity contribution in [1.29, 1.82) is 5.41 Å². The highest BCUT2D eigenvalue weighted by Gasteiger charge is 2.38. The molecule has 0 spiro atoms. The predicted molar refractivity (Wildman–Crippen MR) is 120 cm³/mol. The van der Waals surface area contributed by atoms with Gasteiger partial charge in [0.1, 0.15) is 11.8 Å².